The molecule has 0 atom stereocenters. The topological polar surface area (TPSA) is 38.7 Å². The third-order valence-corrected chi connectivity index (χ3v) is 1.65. The van der Waals surface area contributed by atoms with Crippen LogP contribution in [0.2, 0.25) is 0 Å². The van der Waals surface area contributed by atoms with Crippen molar-refractivity contribution in [2.45, 2.75) is 6.92 Å². The van der Waals surface area contributed by atoms with Gasteiger partial charge in [0.1, 0.15) is 5.75 Å². The maximum absolute atomic E-state index is 10.7. The summed E-state index contributed by atoms with van der Waals surface area (Å²) in [6, 6.07) is 5.08. The van der Waals surface area contributed by atoms with Gasteiger partial charge in [-0.15, -0.1) is 0 Å². The molecular formula is C11H11NO2. The standard InChI is InChI=1S/C11H11NO2/c1-4-9-7-10(14-8(2)13)5-6-11(9)12-3/h4-7H,1,3H2,2H3. The molecule has 3 nitrogen and oxygen atoms in total. The molecule has 72 valence electrons. The Balaban J connectivity index is 3.07. The van der Waals surface area contributed by atoms with E-state index < -0.39 is 0 Å². The van der Waals surface area contributed by atoms with Gasteiger partial charge in [-0.25, -0.2) is 0 Å². The van der Waals surface area contributed by atoms with Crippen molar-refractivity contribution in [1.29, 1.82) is 0 Å². The van der Waals surface area contributed by atoms with Crippen molar-refractivity contribution in [3.05, 3.63) is 30.3 Å². The molecule has 0 aliphatic rings. The minimum absolute atomic E-state index is 0.348. The molecule has 0 aliphatic carbocycles. The van der Waals surface area contributed by atoms with Crippen LogP contribution in [0.15, 0.2) is 29.8 Å². The highest BCUT2D eigenvalue weighted by atomic mass is 16.5. The zero-order chi connectivity index (χ0) is 10.6. The fourth-order valence-corrected chi connectivity index (χ4v) is 1.07. The van der Waals surface area contributed by atoms with E-state index in [0.717, 1.165) is 11.3 Å². The average molecular weight is 189 g/mol. The molecule has 0 bridgehead atoms. The molecule has 0 aliphatic heterocycles. The number of rotatable bonds is 3. The lowest BCUT2D eigenvalue weighted by Gasteiger charge is -2.04. The highest BCUT2D eigenvalue weighted by Gasteiger charge is 2.01. The van der Waals surface area contributed by atoms with Crippen LogP contribution >= 0.6 is 0 Å². The van der Waals surface area contributed by atoms with E-state index in [0.29, 0.717) is 5.75 Å². The van der Waals surface area contributed by atoms with Crippen molar-refractivity contribution in [2.75, 3.05) is 0 Å². The molecule has 0 heterocycles. The summed E-state index contributed by atoms with van der Waals surface area (Å²) in [5.41, 5.74) is 1.51. The first-order chi connectivity index (χ1) is 6.67. The zero-order valence-corrected chi connectivity index (χ0v) is 7.99. The highest BCUT2D eigenvalue weighted by molar-refractivity contribution is 5.72. The number of carbonyl (C=O) groups excluding carboxylic acids is 1. The van der Waals surface area contributed by atoms with Gasteiger partial charge in [-0.3, -0.25) is 9.79 Å². The van der Waals surface area contributed by atoms with Gasteiger partial charge in [0.25, 0.3) is 0 Å². The molecular weight excluding hydrogens is 178 g/mol. The highest BCUT2D eigenvalue weighted by Crippen LogP contribution is 2.25. The summed E-state index contributed by atoms with van der Waals surface area (Å²) in [6.07, 6.45) is 1.64. The lowest BCUT2D eigenvalue weighted by Crippen LogP contribution is -2.01. The van der Waals surface area contributed by atoms with E-state index >= 15 is 0 Å². The van der Waals surface area contributed by atoms with E-state index in [1.165, 1.54) is 6.92 Å². The Morgan fingerprint density at radius 3 is 2.79 bits per heavy atom. The van der Waals surface area contributed by atoms with Crippen molar-refractivity contribution in [3.63, 3.8) is 0 Å². The van der Waals surface area contributed by atoms with Crippen molar-refractivity contribution < 1.29 is 9.53 Å². The Morgan fingerprint density at radius 2 is 2.29 bits per heavy atom. The quantitative estimate of drug-likeness (QED) is 0.416. The summed E-state index contributed by atoms with van der Waals surface area (Å²) in [5.74, 6) is 0.138. The SMILES string of the molecule is C=Cc1cc(OC(C)=O)ccc1N=C. The first-order valence-electron chi connectivity index (χ1n) is 4.09. The second-order valence-corrected chi connectivity index (χ2v) is 2.68. The average Bonchev–Trinajstić information content (AvgIpc) is 2.16. The van der Waals surface area contributed by atoms with Gasteiger partial charge >= 0.3 is 5.97 Å². The lowest BCUT2D eigenvalue weighted by molar-refractivity contribution is -0.131. The van der Waals surface area contributed by atoms with Crippen molar-refractivity contribution >= 4 is 24.5 Å². The first kappa shape index (κ1) is 10.2. The molecule has 1 rings (SSSR count). The molecule has 0 saturated heterocycles. The monoisotopic (exact) mass is 189 g/mol. The van der Waals surface area contributed by atoms with E-state index in [1.807, 2.05) is 0 Å². The van der Waals surface area contributed by atoms with Crippen molar-refractivity contribution in [3.8, 4) is 5.75 Å². The van der Waals surface area contributed by atoms with E-state index in [1.54, 1.807) is 24.3 Å². The number of hydrogen-bond acceptors (Lipinski definition) is 3. The summed E-state index contributed by atoms with van der Waals surface area (Å²) in [4.78, 5) is 14.5. The van der Waals surface area contributed by atoms with Crippen LogP contribution in [0, 0.1) is 0 Å². The van der Waals surface area contributed by atoms with Gasteiger partial charge in [-0.2, -0.15) is 0 Å². The van der Waals surface area contributed by atoms with Crippen LogP contribution in [0.1, 0.15) is 12.5 Å². The molecule has 0 fully saturated rings. The number of aliphatic imine (C=N–C) groups is 1. The number of esters is 1. The molecule has 0 saturated carbocycles. The van der Waals surface area contributed by atoms with Gasteiger partial charge in [0, 0.05) is 12.5 Å². The van der Waals surface area contributed by atoms with Gasteiger partial charge in [-0.1, -0.05) is 12.7 Å². The predicted octanol–water partition coefficient (Wildman–Crippen LogP) is 2.59. The Morgan fingerprint density at radius 1 is 1.57 bits per heavy atom. The summed E-state index contributed by atoms with van der Waals surface area (Å²) in [5, 5.41) is 0. The summed E-state index contributed by atoms with van der Waals surface area (Å²) in [7, 11) is 0. The van der Waals surface area contributed by atoms with E-state index in [-0.39, 0.29) is 5.97 Å². The smallest absolute Gasteiger partial charge is 0.308 e. The van der Waals surface area contributed by atoms with Gasteiger partial charge in [0.15, 0.2) is 0 Å². The maximum Gasteiger partial charge on any atom is 0.308 e. The van der Waals surface area contributed by atoms with Crippen LogP contribution in [0.3, 0.4) is 0 Å². The Bertz CT molecular complexity index is 383. The molecule has 0 spiro atoms. The normalized spacial score (nSPS) is 9.21. The Kier molecular flexibility index (Phi) is 3.18. The van der Waals surface area contributed by atoms with E-state index in [2.05, 4.69) is 18.3 Å². The molecule has 3 heteroatoms. The second kappa shape index (κ2) is 4.37. The first-order valence-corrected chi connectivity index (χ1v) is 4.09. The molecule has 1 aromatic rings. The third-order valence-electron chi connectivity index (χ3n) is 1.65. The molecule has 0 N–H and O–H groups in total. The predicted molar refractivity (Wildman–Crippen MR) is 57.1 cm³/mol. The fraction of sp³-hybridized carbons (Fsp3) is 0.0909. The van der Waals surface area contributed by atoms with E-state index in [9.17, 15) is 4.79 Å². The number of nitrogens with zero attached hydrogens (tertiary/aromatic N) is 1. The Hall–Kier alpha value is -1.90. The lowest BCUT2D eigenvalue weighted by atomic mass is 10.1. The van der Waals surface area contributed by atoms with Crippen LogP contribution < -0.4 is 4.74 Å². The molecule has 0 amide bonds. The van der Waals surface area contributed by atoms with Crippen LogP contribution in [-0.2, 0) is 4.79 Å². The molecule has 0 unspecified atom stereocenters. The maximum atomic E-state index is 10.7. The summed E-state index contributed by atoms with van der Waals surface area (Å²) < 4.78 is 4.91. The minimum atomic E-state index is -0.348. The van der Waals surface area contributed by atoms with Crippen LogP contribution in [0.5, 0.6) is 5.75 Å². The van der Waals surface area contributed by atoms with Crippen molar-refractivity contribution in [1.82, 2.24) is 0 Å². The summed E-state index contributed by atoms with van der Waals surface area (Å²) >= 11 is 0. The molecule has 14 heavy (non-hydrogen) atoms. The minimum Gasteiger partial charge on any atom is -0.427 e. The van der Waals surface area contributed by atoms with Crippen LogP contribution in [0.25, 0.3) is 6.08 Å². The Labute approximate surface area is 82.7 Å². The van der Waals surface area contributed by atoms with Gasteiger partial charge < -0.3 is 4.74 Å². The third kappa shape index (κ3) is 2.29. The van der Waals surface area contributed by atoms with Crippen molar-refractivity contribution in [2.24, 2.45) is 4.99 Å². The number of benzene rings is 1. The second-order valence-electron chi connectivity index (χ2n) is 2.68. The number of hydrogen-bond donors (Lipinski definition) is 0. The van der Waals surface area contributed by atoms with Gasteiger partial charge in [0.2, 0.25) is 0 Å². The summed E-state index contributed by atoms with van der Waals surface area (Å²) in [6.45, 7) is 8.41. The molecule has 1 aromatic carbocycles. The number of carbonyl (C=O) groups is 1. The van der Waals surface area contributed by atoms with Gasteiger partial charge in [0.05, 0.1) is 5.69 Å². The van der Waals surface area contributed by atoms with E-state index in [4.69, 9.17) is 4.74 Å². The molecule has 0 radical (unpaired) electrons. The fourth-order valence-electron chi connectivity index (χ4n) is 1.07. The largest absolute Gasteiger partial charge is 0.427 e. The van der Waals surface area contributed by atoms with Crippen LogP contribution in [0.4, 0.5) is 5.69 Å². The van der Waals surface area contributed by atoms with Gasteiger partial charge in [-0.05, 0) is 24.9 Å². The number of ether oxygens (including phenoxy) is 1. The zero-order valence-electron chi connectivity index (χ0n) is 7.99. The molecule has 0 aromatic heterocycles. The van der Waals surface area contributed by atoms with Crippen LogP contribution in [-0.4, -0.2) is 12.7 Å².